The van der Waals surface area contributed by atoms with E-state index in [0.29, 0.717) is 6.54 Å². The van der Waals surface area contributed by atoms with E-state index in [9.17, 15) is 4.39 Å². The molecule has 4 rings (SSSR count). The van der Waals surface area contributed by atoms with Gasteiger partial charge in [-0.2, -0.15) is 5.10 Å². The Morgan fingerprint density at radius 3 is 2.70 bits per heavy atom. The summed E-state index contributed by atoms with van der Waals surface area (Å²) in [6.07, 6.45) is 5.52. The van der Waals surface area contributed by atoms with Crippen molar-refractivity contribution in [2.75, 3.05) is 36.5 Å². The summed E-state index contributed by atoms with van der Waals surface area (Å²) in [5.74, 6) is 0.541. The SMILES string of the molecule is Fc1ccc(-n2cc(CNc3cc(N4CCOCC4)c(Br)cn3)cn2)cc1. The van der Waals surface area contributed by atoms with E-state index >= 15 is 0 Å². The molecular weight excluding hydrogens is 413 g/mol. The molecule has 0 bridgehead atoms. The Morgan fingerprint density at radius 2 is 1.93 bits per heavy atom. The number of morpholine rings is 1. The van der Waals surface area contributed by atoms with E-state index in [1.807, 2.05) is 18.5 Å². The molecule has 1 aliphatic heterocycles. The van der Waals surface area contributed by atoms with Crippen LogP contribution in [0.4, 0.5) is 15.9 Å². The Labute approximate surface area is 165 Å². The molecule has 1 fully saturated rings. The largest absolute Gasteiger partial charge is 0.378 e. The summed E-state index contributed by atoms with van der Waals surface area (Å²) in [6, 6.07) is 8.29. The maximum absolute atomic E-state index is 13.1. The lowest BCUT2D eigenvalue weighted by Gasteiger charge is -2.29. The summed E-state index contributed by atoms with van der Waals surface area (Å²) < 4.78 is 21.2. The Kier molecular flexibility index (Phi) is 5.35. The first-order chi connectivity index (χ1) is 13.2. The van der Waals surface area contributed by atoms with Crippen LogP contribution in [0.2, 0.25) is 0 Å². The van der Waals surface area contributed by atoms with E-state index in [1.165, 1.54) is 12.1 Å². The molecular formula is C19H19BrFN5O. The van der Waals surface area contributed by atoms with Gasteiger partial charge in [0.05, 0.1) is 35.3 Å². The number of ether oxygens (including phenoxy) is 1. The van der Waals surface area contributed by atoms with Crippen LogP contribution in [-0.4, -0.2) is 41.1 Å². The number of anilines is 2. The van der Waals surface area contributed by atoms with Crippen molar-refractivity contribution in [2.24, 2.45) is 0 Å². The molecule has 0 radical (unpaired) electrons. The predicted octanol–water partition coefficient (Wildman–Crippen LogP) is 3.62. The average molecular weight is 432 g/mol. The molecule has 3 heterocycles. The lowest BCUT2D eigenvalue weighted by Crippen LogP contribution is -2.36. The standard InChI is InChI=1S/C19H19BrFN5O/c20-17-12-23-19(9-18(17)25-5-7-27-8-6-25)22-10-14-11-24-26(13-14)16-3-1-15(21)2-4-16/h1-4,9,11-13H,5-8,10H2,(H,22,23). The molecule has 2 aromatic heterocycles. The molecule has 0 spiro atoms. The summed E-state index contributed by atoms with van der Waals surface area (Å²) in [5, 5.41) is 7.68. The lowest BCUT2D eigenvalue weighted by molar-refractivity contribution is 0.122. The number of hydrogen-bond acceptors (Lipinski definition) is 5. The Morgan fingerprint density at radius 1 is 1.15 bits per heavy atom. The van der Waals surface area contributed by atoms with Crippen LogP contribution in [0.1, 0.15) is 5.56 Å². The maximum atomic E-state index is 13.1. The Bertz CT molecular complexity index is 909. The predicted molar refractivity (Wildman–Crippen MR) is 106 cm³/mol. The van der Waals surface area contributed by atoms with Gasteiger partial charge >= 0.3 is 0 Å². The zero-order valence-corrected chi connectivity index (χ0v) is 16.2. The van der Waals surface area contributed by atoms with Gasteiger partial charge in [-0.25, -0.2) is 14.1 Å². The van der Waals surface area contributed by atoms with Crippen molar-refractivity contribution in [1.29, 1.82) is 0 Å². The van der Waals surface area contributed by atoms with E-state index in [4.69, 9.17) is 4.74 Å². The summed E-state index contributed by atoms with van der Waals surface area (Å²) in [6.45, 7) is 3.80. The fraction of sp³-hybridized carbons (Fsp3) is 0.263. The molecule has 0 saturated carbocycles. The summed E-state index contributed by atoms with van der Waals surface area (Å²) in [4.78, 5) is 6.72. The fourth-order valence-corrected chi connectivity index (χ4v) is 3.42. The summed E-state index contributed by atoms with van der Waals surface area (Å²) in [7, 11) is 0. The third-order valence-corrected chi connectivity index (χ3v) is 5.00. The second kappa shape index (κ2) is 8.06. The quantitative estimate of drug-likeness (QED) is 0.668. The second-order valence-electron chi connectivity index (χ2n) is 6.24. The fourth-order valence-electron chi connectivity index (χ4n) is 2.95. The Balaban J connectivity index is 1.43. The van der Waals surface area contributed by atoms with Crippen LogP contribution < -0.4 is 10.2 Å². The van der Waals surface area contributed by atoms with Crippen molar-refractivity contribution < 1.29 is 9.13 Å². The van der Waals surface area contributed by atoms with E-state index in [2.05, 4.69) is 36.2 Å². The zero-order valence-electron chi connectivity index (χ0n) is 14.6. The van der Waals surface area contributed by atoms with E-state index in [-0.39, 0.29) is 5.82 Å². The highest BCUT2D eigenvalue weighted by molar-refractivity contribution is 9.10. The number of nitrogens with one attached hydrogen (secondary N) is 1. The minimum atomic E-state index is -0.259. The summed E-state index contributed by atoms with van der Waals surface area (Å²) in [5.41, 5.74) is 2.94. The molecule has 3 aromatic rings. The van der Waals surface area contributed by atoms with Gasteiger partial charge in [0, 0.05) is 43.7 Å². The first kappa shape index (κ1) is 17.9. The lowest BCUT2D eigenvalue weighted by atomic mass is 10.3. The zero-order chi connectivity index (χ0) is 18.6. The monoisotopic (exact) mass is 431 g/mol. The molecule has 0 atom stereocenters. The van der Waals surface area contributed by atoms with Gasteiger partial charge in [0.2, 0.25) is 0 Å². The van der Waals surface area contributed by atoms with Crippen LogP contribution in [0.3, 0.4) is 0 Å². The highest BCUT2D eigenvalue weighted by atomic mass is 79.9. The van der Waals surface area contributed by atoms with Crippen molar-refractivity contribution in [1.82, 2.24) is 14.8 Å². The van der Waals surface area contributed by atoms with Crippen LogP contribution in [0, 0.1) is 5.82 Å². The van der Waals surface area contributed by atoms with Gasteiger partial charge in [0.25, 0.3) is 0 Å². The molecule has 0 unspecified atom stereocenters. The smallest absolute Gasteiger partial charge is 0.128 e. The van der Waals surface area contributed by atoms with E-state index < -0.39 is 0 Å². The summed E-state index contributed by atoms with van der Waals surface area (Å²) >= 11 is 3.58. The molecule has 140 valence electrons. The van der Waals surface area contributed by atoms with Gasteiger partial charge < -0.3 is 15.0 Å². The third-order valence-electron chi connectivity index (χ3n) is 4.39. The van der Waals surface area contributed by atoms with Crippen molar-refractivity contribution >= 4 is 27.4 Å². The van der Waals surface area contributed by atoms with Crippen LogP contribution in [0.25, 0.3) is 5.69 Å². The normalized spacial score (nSPS) is 14.4. The van der Waals surface area contributed by atoms with Crippen LogP contribution in [-0.2, 0) is 11.3 Å². The topological polar surface area (TPSA) is 55.2 Å². The first-order valence-corrected chi connectivity index (χ1v) is 9.50. The van der Waals surface area contributed by atoms with Crippen LogP contribution >= 0.6 is 15.9 Å². The van der Waals surface area contributed by atoms with Gasteiger partial charge in [-0.15, -0.1) is 0 Å². The highest BCUT2D eigenvalue weighted by Gasteiger charge is 2.15. The second-order valence-corrected chi connectivity index (χ2v) is 7.10. The van der Waals surface area contributed by atoms with Crippen molar-refractivity contribution in [3.63, 3.8) is 0 Å². The van der Waals surface area contributed by atoms with Gasteiger partial charge in [0.1, 0.15) is 11.6 Å². The number of benzene rings is 1. The number of nitrogens with zero attached hydrogens (tertiary/aromatic N) is 4. The van der Waals surface area contributed by atoms with Gasteiger partial charge in [-0.3, -0.25) is 0 Å². The van der Waals surface area contributed by atoms with Gasteiger partial charge in [-0.05, 0) is 40.2 Å². The average Bonchev–Trinajstić information content (AvgIpc) is 3.17. The molecule has 0 aliphatic carbocycles. The number of halogens is 2. The van der Waals surface area contributed by atoms with Crippen molar-refractivity contribution in [3.8, 4) is 5.69 Å². The molecule has 1 saturated heterocycles. The third kappa shape index (κ3) is 4.28. The molecule has 8 heteroatoms. The van der Waals surface area contributed by atoms with Crippen molar-refractivity contribution in [2.45, 2.75) is 6.54 Å². The number of aromatic nitrogens is 3. The molecule has 0 amide bonds. The van der Waals surface area contributed by atoms with Crippen LogP contribution in [0.5, 0.6) is 0 Å². The number of pyridine rings is 1. The van der Waals surface area contributed by atoms with E-state index in [1.54, 1.807) is 23.0 Å². The number of rotatable bonds is 5. The molecule has 1 aromatic carbocycles. The molecule has 1 N–H and O–H groups in total. The minimum absolute atomic E-state index is 0.259. The Hall–Kier alpha value is -2.45. The van der Waals surface area contributed by atoms with Crippen LogP contribution in [0.15, 0.2) is 53.4 Å². The van der Waals surface area contributed by atoms with E-state index in [0.717, 1.165) is 53.5 Å². The van der Waals surface area contributed by atoms with Gasteiger partial charge in [-0.1, -0.05) is 0 Å². The minimum Gasteiger partial charge on any atom is -0.378 e. The molecule has 1 aliphatic rings. The van der Waals surface area contributed by atoms with Gasteiger partial charge in [0.15, 0.2) is 0 Å². The van der Waals surface area contributed by atoms with Crippen molar-refractivity contribution in [3.05, 3.63) is 64.8 Å². The molecule has 6 nitrogen and oxygen atoms in total. The highest BCUT2D eigenvalue weighted by Crippen LogP contribution is 2.28. The maximum Gasteiger partial charge on any atom is 0.128 e. The number of hydrogen-bond donors (Lipinski definition) is 1. The molecule has 27 heavy (non-hydrogen) atoms. The first-order valence-electron chi connectivity index (χ1n) is 8.71.